The van der Waals surface area contributed by atoms with Crippen LogP contribution < -0.4 is 0 Å². The van der Waals surface area contributed by atoms with E-state index in [-0.39, 0.29) is 31.1 Å². The zero-order chi connectivity index (χ0) is 49.8. The van der Waals surface area contributed by atoms with Gasteiger partial charge in [0, 0.05) is 19.3 Å². The molecule has 0 aliphatic carbocycles. The van der Waals surface area contributed by atoms with Crippen LogP contribution in [-0.4, -0.2) is 37.2 Å². The molecule has 6 nitrogen and oxygen atoms in total. The summed E-state index contributed by atoms with van der Waals surface area (Å²) in [6.07, 6.45) is 56.7. The van der Waals surface area contributed by atoms with Crippen molar-refractivity contribution in [2.24, 2.45) is 17.8 Å². The average Bonchev–Trinajstić information content (AvgIpc) is 3.30. The number of esters is 3. The fraction of sp³-hybridized carbons (Fsp3) is 0.952. The van der Waals surface area contributed by atoms with Gasteiger partial charge in [0.25, 0.3) is 0 Å². The van der Waals surface area contributed by atoms with Gasteiger partial charge in [-0.3, -0.25) is 14.4 Å². The van der Waals surface area contributed by atoms with Crippen LogP contribution in [0, 0.1) is 17.8 Å². The van der Waals surface area contributed by atoms with Gasteiger partial charge >= 0.3 is 17.9 Å². The van der Waals surface area contributed by atoms with Gasteiger partial charge < -0.3 is 14.2 Å². The number of carbonyl (C=O) groups is 3. The van der Waals surface area contributed by atoms with Crippen LogP contribution in [0.15, 0.2) is 0 Å². The lowest BCUT2D eigenvalue weighted by molar-refractivity contribution is -0.167. The highest BCUT2D eigenvalue weighted by atomic mass is 16.6. The number of hydrogen-bond donors (Lipinski definition) is 0. The molecule has 0 aromatic rings. The Morgan fingerprint density at radius 3 is 0.632 bits per heavy atom. The number of unbranched alkanes of at least 4 members (excludes halogenated alkanes) is 38. The molecular formula is C62H120O6. The van der Waals surface area contributed by atoms with Gasteiger partial charge in [-0.1, -0.05) is 305 Å². The van der Waals surface area contributed by atoms with Crippen molar-refractivity contribution < 1.29 is 28.6 Å². The maximum Gasteiger partial charge on any atom is 0.306 e. The first-order valence-corrected chi connectivity index (χ1v) is 30.6. The van der Waals surface area contributed by atoms with E-state index >= 15 is 0 Å². The van der Waals surface area contributed by atoms with Gasteiger partial charge in [-0.2, -0.15) is 0 Å². The summed E-state index contributed by atoms with van der Waals surface area (Å²) in [7, 11) is 0. The van der Waals surface area contributed by atoms with Crippen molar-refractivity contribution >= 4 is 17.9 Å². The second-order valence-electron chi connectivity index (χ2n) is 22.8. The monoisotopic (exact) mass is 961 g/mol. The maximum atomic E-state index is 12.9. The topological polar surface area (TPSA) is 78.9 Å². The van der Waals surface area contributed by atoms with Crippen LogP contribution in [0.2, 0.25) is 0 Å². The van der Waals surface area contributed by atoms with Crippen LogP contribution in [0.3, 0.4) is 0 Å². The van der Waals surface area contributed by atoms with E-state index in [0.717, 1.165) is 75.5 Å². The van der Waals surface area contributed by atoms with Gasteiger partial charge in [-0.25, -0.2) is 0 Å². The average molecular weight is 962 g/mol. The molecule has 0 aromatic heterocycles. The van der Waals surface area contributed by atoms with Crippen molar-refractivity contribution in [3.05, 3.63) is 0 Å². The fourth-order valence-corrected chi connectivity index (χ4v) is 9.53. The molecule has 0 saturated heterocycles. The Bertz CT molecular complexity index is 1050. The largest absolute Gasteiger partial charge is 0.462 e. The first kappa shape index (κ1) is 66.4. The lowest BCUT2D eigenvalue weighted by atomic mass is 10.0. The van der Waals surface area contributed by atoms with E-state index in [1.165, 1.54) is 225 Å². The van der Waals surface area contributed by atoms with E-state index in [0.29, 0.717) is 19.3 Å². The Labute approximate surface area is 425 Å². The highest BCUT2D eigenvalue weighted by Gasteiger charge is 2.19. The smallest absolute Gasteiger partial charge is 0.306 e. The molecular weight excluding hydrogens is 841 g/mol. The zero-order valence-corrected chi connectivity index (χ0v) is 46.9. The van der Waals surface area contributed by atoms with Crippen LogP contribution in [-0.2, 0) is 28.6 Å². The molecule has 6 heteroatoms. The van der Waals surface area contributed by atoms with Crippen molar-refractivity contribution in [1.29, 1.82) is 0 Å². The molecule has 0 heterocycles. The summed E-state index contributed by atoms with van der Waals surface area (Å²) in [4.78, 5) is 38.2. The van der Waals surface area contributed by atoms with Crippen molar-refractivity contribution in [2.75, 3.05) is 13.2 Å². The Morgan fingerprint density at radius 2 is 0.426 bits per heavy atom. The molecule has 0 aliphatic rings. The lowest BCUT2D eigenvalue weighted by Crippen LogP contribution is -2.30. The Hall–Kier alpha value is -1.59. The van der Waals surface area contributed by atoms with E-state index in [9.17, 15) is 14.4 Å². The summed E-state index contributed by atoms with van der Waals surface area (Å²) in [6, 6.07) is 0. The molecule has 0 aromatic carbocycles. The van der Waals surface area contributed by atoms with E-state index in [1.807, 2.05) is 0 Å². The van der Waals surface area contributed by atoms with Crippen LogP contribution in [0.4, 0.5) is 0 Å². The normalized spacial score (nSPS) is 12.1. The third kappa shape index (κ3) is 55.3. The molecule has 0 aliphatic heterocycles. The Balaban J connectivity index is 4.27. The zero-order valence-electron chi connectivity index (χ0n) is 46.9. The predicted molar refractivity (Wildman–Crippen MR) is 293 cm³/mol. The standard InChI is InChI=1S/C62H120O6/c1-56(2)48-42-36-30-24-18-14-11-9-7-8-10-12-16-21-29-35-41-47-53-62(65)68-59(55-67-61(64)52-46-40-34-28-23-22-26-32-38-44-50-58(5)6)54-66-60(63)51-45-39-33-27-20-17-13-15-19-25-31-37-43-49-57(3)4/h56-59H,7-55H2,1-6H3/t59-/m0/s1. The SMILES string of the molecule is CC(C)CCCCCCCCCCCCCCCCCCCCC(=O)O[C@@H](COC(=O)CCCCCCCCCCCCCCCC(C)C)COC(=O)CCCCCCCCCCCCC(C)C. The van der Waals surface area contributed by atoms with E-state index in [2.05, 4.69) is 41.5 Å². The Kier molecular flexibility index (Phi) is 52.0. The van der Waals surface area contributed by atoms with Gasteiger partial charge in [0.05, 0.1) is 0 Å². The predicted octanol–water partition coefficient (Wildman–Crippen LogP) is 20.3. The summed E-state index contributed by atoms with van der Waals surface area (Å²) >= 11 is 0. The van der Waals surface area contributed by atoms with Crippen LogP contribution in [0.1, 0.15) is 343 Å². The van der Waals surface area contributed by atoms with Crippen molar-refractivity contribution in [2.45, 2.75) is 349 Å². The van der Waals surface area contributed by atoms with Gasteiger partial charge in [0.2, 0.25) is 0 Å². The molecule has 1 atom stereocenters. The van der Waals surface area contributed by atoms with Crippen molar-refractivity contribution in [3.8, 4) is 0 Å². The molecule has 0 amide bonds. The molecule has 0 N–H and O–H groups in total. The maximum absolute atomic E-state index is 12.9. The van der Waals surface area contributed by atoms with E-state index < -0.39 is 6.10 Å². The molecule has 0 rings (SSSR count). The van der Waals surface area contributed by atoms with Crippen LogP contribution in [0.5, 0.6) is 0 Å². The molecule has 0 radical (unpaired) electrons. The summed E-state index contributed by atoms with van der Waals surface area (Å²) in [6.45, 7) is 13.8. The van der Waals surface area contributed by atoms with Gasteiger partial charge in [-0.15, -0.1) is 0 Å². The number of hydrogen-bond acceptors (Lipinski definition) is 6. The minimum atomic E-state index is -0.764. The first-order chi connectivity index (χ1) is 33.1. The summed E-state index contributed by atoms with van der Waals surface area (Å²) in [5.74, 6) is 1.68. The summed E-state index contributed by atoms with van der Waals surface area (Å²) < 4.78 is 16.9. The van der Waals surface area contributed by atoms with Crippen molar-refractivity contribution in [1.82, 2.24) is 0 Å². The fourth-order valence-electron chi connectivity index (χ4n) is 9.53. The number of rotatable bonds is 55. The second-order valence-corrected chi connectivity index (χ2v) is 22.8. The van der Waals surface area contributed by atoms with Gasteiger partial charge in [0.15, 0.2) is 6.10 Å². The van der Waals surface area contributed by atoms with Gasteiger partial charge in [0.1, 0.15) is 13.2 Å². The highest BCUT2D eigenvalue weighted by Crippen LogP contribution is 2.19. The van der Waals surface area contributed by atoms with Gasteiger partial charge in [-0.05, 0) is 37.0 Å². The quantitative estimate of drug-likeness (QED) is 0.0343. The Morgan fingerprint density at radius 1 is 0.250 bits per heavy atom. The van der Waals surface area contributed by atoms with Crippen LogP contribution in [0.25, 0.3) is 0 Å². The number of ether oxygens (including phenoxy) is 3. The molecule has 0 spiro atoms. The minimum Gasteiger partial charge on any atom is -0.462 e. The third-order valence-electron chi connectivity index (χ3n) is 14.1. The third-order valence-corrected chi connectivity index (χ3v) is 14.1. The molecule has 68 heavy (non-hydrogen) atoms. The summed E-state index contributed by atoms with van der Waals surface area (Å²) in [5, 5.41) is 0. The van der Waals surface area contributed by atoms with E-state index in [1.54, 1.807) is 0 Å². The summed E-state index contributed by atoms with van der Waals surface area (Å²) in [5.41, 5.74) is 0. The van der Waals surface area contributed by atoms with Crippen LogP contribution >= 0.6 is 0 Å². The van der Waals surface area contributed by atoms with Crippen molar-refractivity contribution in [3.63, 3.8) is 0 Å². The second kappa shape index (κ2) is 53.2. The van der Waals surface area contributed by atoms with E-state index in [4.69, 9.17) is 14.2 Å². The molecule has 404 valence electrons. The minimum absolute atomic E-state index is 0.0632. The highest BCUT2D eigenvalue weighted by molar-refractivity contribution is 5.71. The number of carbonyl (C=O) groups excluding carboxylic acids is 3. The molecule has 0 saturated carbocycles. The molecule has 0 bridgehead atoms. The lowest BCUT2D eigenvalue weighted by Gasteiger charge is -2.18. The molecule has 0 unspecified atom stereocenters. The molecule has 0 fully saturated rings. The first-order valence-electron chi connectivity index (χ1n) is 30.6.